The monoisotopic (exact) mass is 222 g/mol. The predicted molar refractivity (Wildman–Crippen MR) is 51.2 cm³/mol. The first kappa shape index (κ1) is 10.1. The molecule has 2 nitrogen and oxygen atoms in total. The minimum atomic E-state index is -0.542. The number of fused-ring (bicyclic) bond motifs is 1. The van der Waals surface area contributed by atoms with Crippen LogP contribution in [-0.4, -0.2) is 4.98 Å². The normalized spacial score (nSPS) is 10.0. The van der Waals surface area contributed by atoms with E-state index in [4.69, 9.17) is 5.73 Å². The molecular formula is C7H5ClF2N2S. The Morgan fingerprint density at radius 2 is 1.85 bits per heavy atom. The van der Waals surface area contributed by atoms with Crippen molar-refractivity contribution < 1.29 is 8.78 Å². The maximum absolute atomic E-state index is 12.9. The van der Waals surface area contributed by atoms with Gasteiger partial charge in [-0.3, -0.25) is 0 Å². The Bertz CT molecular complexity index is 404. The third-order valence-corrected chi connectivity index (χ3v) is 2.36. The predicted octanol–water partition coefficient (Wildman–Crippen LogP) is 2.58. The molecule has 2 aromatic rings. The van der Waals surface area contributed by atoms with Crippen molar-refractivity contribution in [2.45, 2.75) is 0 Å². The molecule has 1 aromatic carbocycles. The lowest BCUT2D eigenvalue weighted by Gasteiger charge is -1.90. The van der Waals surface area contributed by atoms with Gasteiger partial charge < -0.3 is 5.73 Å². The van der Waals surface area contributed by atoms with Gasteiger partial charge in [-0.15, -0.1) is 12.4 Å². The number of nitrogens with two attached hydrogens (primary N) is 1. The average molecular weight is 223 g/mol. The molecule has 0 aliphatic rings. The summed E-state index contributed by atoms with van der Waals surface area (Å²) in [5.74, 6) is -1.03. The summed E-state index contributed by atoms with van der Waals surface area (Å²) in [6.45, 7) is 0. The van der Waals surface area contributed by atoms with Gasteiger partial charge in [0.05, 0.1) is 4.70 Å². The molecule has 6 heteroatoms. The highest BCUT2D eigenvalue weighted by Gasteiger charge is 2.10. The summed E-state index contributed by atoms with van der Waals surface area (Å²) >= 11 is 0.945. The molecule has 0 amide bonds. The first-order valence-electron chi connectivity index (χ1n) is 3.18. The summed E-state index contributed by atoms with van der Waals surface area (Å²) in [5.41, 5.74) is 5.31. The minimum Gasteiger partial charge on any atom is -0.375 e. The van der Waals surface area contributed by atoms with Gasteiger partial charge in [-0.1, -0.05) is 11.3 Å². The lowest BCUT2D eigenvalue weighted by molar-refractivity contribution is 0.617. The van der Waals surface area contributed by atoms with E-state index in [2.05, 4.69) is 4.98 Å². The highest BCUT2D eigenvalue weighted by Crippen LogP contribution is 2.27. The van der Waals surface area contributed by atoms with Crippen LogP contribution in [0.15, 0.2) is 12.1 Å². The van der Waals surface area contributed by atoms with Crippen LogP contribution in [0.3, 0.4) is 0 Å². The third kappa shape index (κ3) is 1.57. The Hall–Kier alpha value is -0.940. The molecule has 0 atom stereocenters. The number of benzene rings is 1. The largest absolute Gasteiger partial charge is 0.375 e. The number of hydrogen-bond donors (Lipinski definition) is 1. The highest BCUT2D eigenvalue weighted by molar-refractivity contribution is 7.22. The van der Waals surface area contributed by atoms with E-state index in [0.717, 1.165) is 23.5 Å². The summed E-state index contributed by atoms with van der Waals surface area (Å²) in [6, 6.07) is 2.10. The van der Waals surface area contributed by atoms with Crippen molar-refractivity contribution in [1.82, 2.24) is 4.98 Å². The summed E-state index contributed by atoms with van der Waals surface area (Å²) in [6.07, 6.45) is 0. The number of nitrogens with zero attached hydrogens (tertiary/aromatic N) is 1. The molecule has 2 N–H and O–H groups in total. The summed E-state index contributed by atoms with van der Waals surface area (Å²) in [5, 5.41) is 0.175. The molecule has 1 heterocycles. The zero-order valence-corrected chi connectivity index (χ0v) is 7.88. The third-order valence-electron chi connectivity index (χ3n) is 1.46. The van der Waals surface area contributed by atoms with Crippen molar-refractivity contribution in [3.05, 3.63) is 23.8 Å². The number of hydrogen-bond acceptors (Lipinski definition) is 3. The first-order valence-corrected chi connectivity index (χ1v) is 4.00. The molecule has 0 aliphatic carbocycles. The van der Waals surface area contributed by atoms with Gasteiger partial charge in [0.25, 0.3) is 0 Å². The van der Waals surface area contributed by atoms with Crippen molar-refractivity contribution in [1.29, 1.82) is 0 Å². The van der Waals surface area contributed by atoms with Gasteiger partial charge in [-0.25, -0.2) is 13.8 Å². The van der Waals surface area contributed by atoms with Crippen molar-refractivity contribution in [2.24, 2.45) is 0 Å². The quantitative estimate of drug-likeness (QED) is 0.744. The summed E-state index contributed by atoms with van der Waals surface area (Å²) in [4.78, 5) is 3.65. The zero-order chi connectivity index (χ0) is 8.72. The van der Waals surface area contributed by atoms with E-state index in [9.17, 15) is 8.78 Å². The Kier molecular flexibility index (Phi) is 2.68. The summed E-state index contributed by atoms with van der Waals surface area (Å²) < 4.78 is 26.0. The van der Waals surface area contributed by atoms with Crippen LogP contribution in [0, 0.1) is 11.6 Å². The van der Waals surface area contributed by atoms with Crippen LogP contribution in [0.1, 0.15) is 0 Å². The molecule has 70 valence electrons. The number of nitrogen functional groups attached to an aromatic ring is 1. The van der Waals surface area contributed by atoms with Crippen molar-refractivity contribution in [3.8, 4) is 0 Å². The topological polar surface area (TPSA) is 38.9 Å². The molecule has 0 spiro atoms. The second-order valence-electron chi connectivity index (χ2n) is 2.26. The zero-order valence-electron chi connectivity index (χ0n) is 6.25. The Morgan fingerprint density at radius 3 is 2.46 bits per heavy atom. The number of halogens is 3. The van der Waals surface area contributed by atoms with Crippen LogP contribution in [-0.2, 0) is 0 Å². The molecule has 0 aliphatic heterocycles. The van der Waals surface area contributed by atoms with Gasteiger partial charge in [-0.05, 0) is 12.1 Å². The van der Waals surface area contributed by atoms with E-state index in [1.807, 2.05) is 0 Å². The molecule has 0 radical (unpaired) electrons. The molecule has 0 unspecified atom stereocenters. The van der Waals surface area contributed by atoms with Crippen LogP contribution in [0.5, 0.6) is 0 Å². The van der Waals surface area contributed by atoms with Crippen molar-refractivity contribution in [2.75, 3.05) is 5.73 Å². The summed E-state index contributed by atoms with van der Waals surface area (Å²) in [7, 11) is 0. The van der Waals surface area contributed by atoms with Crippen LogP contribution in [0.4, 0.5) is 13.9 Å². The number of aromatic nitrogens is 1. The second-order valence-corrected chi connectivity index (χ2v) is 3.29. The van der Waals surface area contributed by atoms with Gasteiger partial charge in [0.2, 0.25) is 0 Å². The Morgan fingerprint density at radius 1 is 1.23 bits per heavy atom. The van der Waals surface area contributed by atoms with E-state index in [1.165, 1.54) is 0 Å². The number of rotatable bonds is 0. The molecule has 0 saturated heterocycles. The fraction of sp³-hybridized carbons (Fsp3) is 0. The molecular weight excluding hydrogens is 218 g/mol. The van der Waals surface area contributed by atoms with Crippen LogP contribution in [0.25, 0.3) is 10.2 Å². The average Bonchev–Trinajstić information content (AvgIpc) is 2.41. The molecule has 2 rings (SSSR count). The smallest absolute Gasteiger partial charge is 0.181 e. The minimum absolute atomic E-state index is 0. The van der Waals surface area contributed by atoms with Crippen LogP contribution >= 0.6 is 23.7 Å². The maximum Gasteiger partial charge on any atom is 0.181 e. The van der Waals surface area contributed by atoms with E-state index < -0.39 is 11.6 Å². The van der Waals surface area contributed by atoms with Gasteiger partial charge in [0.15, 0.2) is 10.9 Å². The second kappa shape index (κ2) is 3.43. The van der Waals surface area contributed by atoms with Crippen molar-refractivity contribution >= 4 is 39.1 Å². The van der Waals surface area contributed by atoms with E-state index in [1.54, 1.807) is 0 Å². The lowest BCUT2D eigenvalue weighted by atomic mass is 10.3. The molecule has 0 fully saturated rings. The van der Waals surface area contributed by atoms with Gasteiger partial charge in [0.1, 0.15) is 11.3 Å². The Balaban J connectivity index is 0.000000845. The van der Waals surface area contributed by atoms with Crippen molar-refractivity contribution in [3.63, 3.8) is 0 Å². The van der Waals surface area contributed by atoms with Gasteiger partial charge in [-0.2, -0.15) is 0 Å². The first-order chi connectivity index (χ1) is 5.68. The van der Waals surface area contributed by atoms with Crippen LogP contribution in [0.2, 0.25) is 0 Å². The Labute approximate surface area is 82.8 Å². The van der Waals surface area contributed by atoms with Gasteiger partial charge in [0, 0.05) is 0 Å². The van der Waals surface area contributed by atoms with Crippen LogP contribution < -0.4 is 5.73 Å². The fourth-order valence-corrected chi connectivity index (χ4v) is 1.71. The van der Waals surface area contributed by atoms with Gasteiger partial charge >= 0.3 is 0 Å². The fourth-order valence-electron chi connectivity index (χ4n) is 0.961. The maximum atomic E-state index is 12.9. The molecule has 0 saturated carbocycles. The lowest BCUT2D eigenvalue weighted by Crippen LogP contribution is -1.82. The standard InChI is InChI=1S/C7H4F2N2S.ClH/c8-3-1-2-4(9)6-5(3)11-7(10)12-6;/h1-2H,(H2,10,11);1H. The molecule has 0 bridgehead atoms. The number of anilines is 1. The van der Waals surface area contributed by atoms with E-state index in [-0.39, 0.29) is 27.8 Å². The SMILES string of the molecule is Cl.Nc1nc2c(F)ccc(F)c2s1. The number of thiazole rings is 1. The molecule has 13 heavy (non-hydrogen) atoms. The van der Waals surface area contributed by atoms with E-state index in [0.29, 0.717) is 0 Å². The highest BCUT2D eigenvalue weighted by atomic mass is 35.5. The molecule has 1 aromatic heterocycles. The van der Waals surface area contributed by atoms with E-state index >= 15 is 0 Å².